The van der Waals surface area contributed by atoms with Gasteiger partial charge >= 0.3 is 0 Å². The van der Waals surface area contributed by atoms with E-state index < -0.39 is 0 Å². The van der Waals surface area contributed by atoms with Gasteiger partial charge in [-0.05, 0) is 38.2 Å². The van der Waals surface area contributed by atoms with Gasteiger partial charge in [0.05, 0.1) is 6.04 Å². The molecule has 3 rings (SSSR count). The molecular formula is C18H26N2OS. The molecule has 0 spiro atoms. The Morgan fingerprint density at radius 1 is 1.18 bits per heavy atom. The van der Waals surface area contributed by atoms with Gasteiger partial charge in [-0.2, -0.15) is 0 Å². The molecule has 1 amide bonds. The average molecular weight is 318 g/mol. The maximum absolute atomic E-state index is 12.0. The van der Waals surface area contributed by atoms with Crippen LogP contribution in [0.25, 0.3) is 0 Å². The molecule has 0 aromatic carbocycles. The maximum Gasteiger partial charge on any atom is 0.219 e. The highest BCUT2D eigenvalue weighted by Gasteiger charge is 2.29. The topological polar surface area (TPSA) is 33.2 Å². The highest BCUT2D eigenvalue weighted by atomic mass is 32.2. The third-order valence-corrected chi connectivity index (χ3v) is 6.27. The zero-order valence-electron chi connectivity index (χ0n) is 13.5. The van der Waals surface area contributed by atoms with Crippen LogP contribution in [0.1, 0.15) is 69.9 Å². The summed E-state index contributed by atoms with van der Waals surface area (Å²) >= 11 is 1.95. The standard InChI is InChI=1S/C18H26N2OS/c1-14(21)20-13-6-5-11-17(20)16-10-7-12-19-18(16)22-15-8-3-2-4-9-15/h7,10,12,15,17H,2-6,8-9,11,13H2,1H3. The van der Waals surface area contributed by atoms with E-state index in [1.807, 2.05) is 28.9 Å². The summed E-state index contributed by atoms with van der Waals surface area (Å²) in [5, 5.41) is 1.87. The van der Waals surface area contributed by atoms with Gasteiger partial charge in [-0.15, -0.1) is 11.8 Å². The van der Waals surface area contributed by atoms with E-state index in [2.05, 4.69) is 11.1 Å². The van der Waals surface area contributed by atoms with Crippen LogP contribution in [0.15, 0.2) is 23.4 Å². The van der Waals surface area contributed by atoms with Gasteiger partial charge in [0.1, 0.15) is 5.03 Å². The quantitative estimate of drug-likeness (QED) is 0.818. The lowest BCUT2D eigenvalue weighted by atomic mass is 9.96. The van der Waals surface area contributed by atoms with Crippen LogP contribution in [0.5, 0.6) is 0 Å². The van der Waals surface area contributed by atoms with Crippen molar-refractivity contribution < 1.29 is 4.79 Å². The van der Waals surface area contributed by atoms with E-state index in [9.17, 15) is 4.79 Å². The SMILES string of the molecule is CC(=O)N1CCCCC1c1cccnc1SC1CCCCC1. The van der Waals surface area contributed by atoms with Gasteiger partial charge in [-0.1, -0.05) is 25.3 Å². The van der Waals surface area contributed by atoms with Crippen LogP contribution in [0, 0.1) is 0 Å². The molecule has 120 valence electrons. The Bertz CT molecular complexity index is 514. The van der Waals surface area contributed by atoms with E-state index in [1.54, 1.807) is 6.92 Å². The molecule has 1 aliphatic heterocycles. The number of rotatable bonds is 3. The zero-order chi connectivity index (χ0) is 15.4. The van der Waals surface area contributed by atoms with Crippen molar-refractivity contribution in [3.8, 4) is 0 Å². The van der Waals surface area contributed by atoms with Crippen LogP contribution in [-0.4, -0.2) is 27.6 Å². The second kappa shape index (κ2) is 7.49. The fourth-order valence-corrected chi connectivity index (χ4v) is 5.07. The van der Waals surface area contributed by atoms with Gasteiger partial charge in [0.15, 0.2) is 0 Å². The summed E-state index contributed by atoms with van der Waals surface area (Å²) in [5.74, 6) is 0.196. The van der Waals surface area contributed by atoms with Crippen molar-refractivity contribution >= 4 is 17.7 Å². The van der Waals surface area contributed by atoms with Crippen LogP contribution in [-0.2, 0) is 4.79 Å². The van der Waals surface area contributed by atoms with Gasteiger partial charge in [-0.3, -0.25) is 4.79 Å². The van der Waals surface area contributed by atoms with Crippen molar-refractivity contribution in [2.24, 2.45) is 0 Å². The largest absolute Gasteiger partial charge is 0.336 e. The molecule has 4 heteroatoms. The van der Waals surface area contributed by atoms with Crippen molar-refractivity contribution in [1.82, 2.24) is 9.88 Å². The number of likely N-dealkylation sites (tertiary alicyclic amines) is 1. The number of carbonyl (C=O) groups is 1. The summed E-state index contributed by atoms with van der Waals surface area (Å²) in [7, 11) is 0. The van der Waals surface area contributed by atoms with Gasteiger partial charge in [-0.25, -0.2) is 4.98 Å². The molecule has 1 aliphatic carbocycles. The third-order valence-electron chi connectivity index (χ3n) is 4.90. The van der Waals surface area contributed by atoms with Crippen molar-refractivity contribution in [2.75, 3.05) is 6.54 Å². The fourth-order valence-electron chi connectivity index (χ4n) is 3.73. The van der Waals surface area contributed by atoms with Gasteiger partial charge in [0.25, 0.3) is 0 Å². The number of nitrogens with zero attached hydrogens (tertiary/aromatic N) is 2. The molecule has 2 aliphatic rings. The summed E-state index contributed by atoms with van der Waals surface area (Å²) in [4.78, 5) is 18.7. The second-order valence-electron chi connectivity index (χ2n) is 6.50. The highest BCUT2D eigenvalue weighted by molar-refractivity contribution is 7.99. The van der Waals surface area contributed by atoms with E-state index >= 15 is 0 Å². The Balaban J connectivity index is 1.81. The number of pyridine rings is 1. The fraction of sp³-hybridized carbons (Fsp3) is 0.667. The van der Waals surface area contributed by atoms with Crippen LogP contribution >= 0.6 is 11.8 Å². The molecule has 1 aromatic rings. The normalized spacial score (nSPS) is 23.5. The number of aromatic nitrogens is 1. The Morgan fingerprint density at radius 3 is 2.73 bits per heavy atom. The third kappa shape index (κ3) is 3.65. The number of carbonyl (C=O) groups excluding carboxylic acids is 1. The lowest BCUT2D eigenvalue weighted by molar-refractivity contribution is -0.132. The lowest BCUT2D eigenvalue weighted by Gasteiger charge is -2.36. The van der Waals surface area contributed by atoms with Crippen LogP contribution in [0.4, 0.5) is 0 Å². The lowest BCUT2D eigenvalue weighted by Crippen LogP contribution is -2.37. The molecule has 1 saturated carbocycles. The Kier molecular flexibility index (Phi) is 5.40. The van der Waals surface area contributed by atoms with Crippen LogP contribution in [0.3, 0.4) is 0 Å². The van der Waals surface area contributed by atoms with Crippen molar-refractivity contribution in [3.63, 3.8) is 0 Å². The molecule has 1 aromatic heterocycles. The van der Waals surface area contributed by atoms with Crippen molar-refractivity contribution in [3.05, 3.63) is 23.9 Å². The average Bonchev–Trinajstić information content (AvgIpc) is 2.56. The molecule has 1 atom stereocenters. The molecule has 2 fully saturated rings. The second-order valence-corrected chi connectivity index (χ2v) is 7.79. The van der Waals surface area contributed by atoms with Gasteiger partial charge in [0.2, 0.25) is 5.91 Å². The van der Waals surface area contributed by atoms with E-state index in [0.29, 0.717) is 5.25 Å². The molecular weight excluding hydrogens is 292 g/mol. The minimum atomic E-state index is 0.196. The minimum absolute atomic E-state index is 0.196. The molecule has 22 heavy (non-hydrogen) atoms. The van der Waals surface area contributed by atoms with Crippen molar-refractivity contribution in [2.45, 2.75) is 74.6 Å². The Morgan fingerprint density at radius 2 is 1.95 bits per heavy atom. The summed E-state index contributed by atoms with van der Waals surface area (Å²) in [5.41, 5.74) is 1.27. The summed E-state index contributed by atoms with van der Waals surface area (Å²) in [6.07, 6.45) is 12.0. The van der Waals surface area contributed by atoms with E-state index in [4.69, 9.17) is 0 Å². The number of thioether (sulfide) groups is 1. The van der Waals surface area contributed by atoms with E-state index in [-0.39, 0.29) is 11.9 Å². The van der Waals surface area contributed by atoms with Gasteiger partial charge in [0, 0.05) is 30.5 Å². The summed E-state index contributed by atoms with van der Waals surface area (Å²) in [6.45, 7) is 2.59. The number of piperidine rings is 1. The number of amides is 1. The molecule has 0 bridgehead atoms. The van der Waals surface area contributed by atoms with E-state index in [0.717, 1.165) is 24.4 Å². The summed E-state index contributed by atoms with van der Waals surface area (Å²) < 4.78 is 0. The molecule has 2 heterocycles. The van der Waals surface area contributed by atoms with E-state index in [1.165, 1.54) is 44.1 Å². The smallest absolute Gasteiger partial charge is 0.219 e. The first-order valence-corrected chi connectivity index (χ1v) is 9.52. The zero-order valence-corrected chi connectivity index (χ0v) is 14.3. The predicted octanol–water partition coefficient (Wildman–Crippen LogP) is 4.58. The first kappa shape index (κ1) is 15.9. The first-order chi connectivity index (χ1) is 10.8. The molecule has 3 nitrogen and oxygen atoms in total. The number of hydrogen-bond acceptors (Lipinski definition) is 3. The molecule has 0 radical (unpaired) electrons. The number of hydrogen-bond donors (Lipinski definition) is 0. The van der Waals surface area contributed by atoms with Crippen LogP contribution < -0.4 is 0 Å². The van der Waals surface area contributed by atoms with Crippen molar-refractivity contribution in [1.29, 1.82) is 0 Å². The molecule has 0 N–H and O–H groups in total. The predicted molar refractivity (Wildman–Crippen MR) is 90.9 cm³/mol. The minimum Gasteiger partial charge on any atom is -0.336 e. The Labute approximate surface area is 137 Å². The maximum atomic E-state index is 12.0. The molecule has 1 unspecified atom stereocenters. The van der Waals surface area contributed by atoms with Crippen LogP contribution in [0.2, 0.25) is 0 Å². The van der Waals surface area contributed by atoms with Gasteiger partial charge < -0.3 is 4.90 Å². The Hall–Kier alpha value is -1.03. The molecule has 1 saturated heterocycles. The first-order valence-electron chi connectivity index (χ1n) is 8.64. The highest BCUT2D eigenvalue weighted by Crippen LogP contribution is 2.39. The monoisotopic (exact) mass is 318 g/mol. The summed E-state index contributed by atoms with van der Waals surface area (Å²) in [6, 6.07) is 4.43.